The molecule has 2 unspecified atom stereocenters. The van der Waals surface area contributed by atoms with E-state index in [1.54, 1.807) is 20.8 Å². The molecule has 1 heterocycles. The molecule has 2 amide bonds. The van der Waals surface area contributed by atoms with Crippen LogP contribution in [0.5, 0.6) is 0 Å². The Labute approximate surface area is 93.7 Å². The lowest BCUT2D eigenvalue weighted by atomic mass is 10.0. The van der Waals surface area contributed by atoms with Gasteiger partial charge in [0, 0.05) is 11.1 Å². The Kier molecular flexibility index (Phi) is 3.16. The Morgan fingerprint density at radius 3 is 1.81 bits per heavy atom. The van der Waals surface area contributed by atoms with Crippen LogP contribution in [0.25, 0.3) is 0 Å². The predicted octanol–water partition coefficient (Wildman–Crippen LogP) is 0.801. The van der Waals surface area contributed by atoms with E-state index >= 15 is 0 Å². The maximum atomic E-state index is 11.7. The first kappa shape index (κ1) is 12.4. The lowest BCUT2D eigenvalue weighted by Gasteiger charge is -2.26. The molecule has 1 N–H and O–H groups in total. The van der Waals surface area contributed by atoms with Crippen molar-refractivity contribution in [3.05, 3.63) is 11.1 Å². The third-order valence-electron chi connectivity index (χ3n) is 3.16. The second-order valence-electron chi connectivity index (χ2n) is 4.10. The maximum Gasteiger partial charge on any atom is 0.308 e. The number of aliphatic carboxylic acids is 1. The molecule has 0 aromatic heterocycles. The molecule has 0 aliphatic carbocycles. The molecule has 5 nitrogen and oxygen atoms in total. The molecule has 0 fully saturated rings. The highest BCUT2D eigenvalue weighted by molar-refractivity contribution is 6.19. The molecule has 0 radical (unpaired) electrons. The number of rotatable bonds is 3. The summed E-state index contributed by atoms with van der Waals surface area (Å²) in [5.74, 6) is -2.56. The standard InChI is InChI=1S/C11H15NO4/c1-5-6(2)10(14)12(9(5)13)8(4)7(3)11(15)16/h7-8H,1-4H3,(H,15,16). The molecular formula is C11H15NO4. The van der Waals surface area contributed by atoms with Crippen molar-refractivity contribution in [1.82, 2.24) is 4.90 Å². The van der Waals surface area contributed by atoms with Gasteiger partial charge in [-0.1, -0.05) is 0 Å². The molecule has 0 aromatic carbocycles. The number of amides is 2. The van der Waals surface area contributed by atoms with Crippen LogP contribution in [0.15, 0.2) is 11.1 Å². The van der Waals surface area contributed by atoms with Crippen LogP contribution in [0.2, 0.25) is 0 Å². The molecule has 16 heavy (non-hydrogen) atoms. The van der Waals surface area contributed by atoms with Crippen molar-refractivity contribution in [2.45, 2.75) is 33.7 Å². The van der Waals surface area contributed by atoms with E-state index in [2.05, 4.69) is 0 Å². The van der Waals surface area contributed by atoms with Crippen LogP contribution >= 0.6 is 0 Å². The number of carboxylic acid groups (broad SMARTS) is 1. The molecule has 1 aliphatic rings. The summed E-state index contributed by atoms with van der Waals surface area (Å²) >= 11 is 0. The van der Waals surface area contributed by atoms with Crippen molar-refractivity contribution in [3.63, 3.8) is 0 Å². The smallest absolute Gasteiger partial charge is 0.308 e. The van der Waals surface area contributed by atoms with Gasteiger partial charge in [0.2, 0.25) is 0 Å². The molecule has 0 spiro atoms. The zero-order valence-corrected chi connectivity index (χ0v) is 9.77. The minimum Gasteiger partial charge on any atom is -0.481 e. The largest absolute Gasteiger partial charge is 0.481 e. The summed E-state index contributed by atoms with van der Waals surface area (Å²) in [6, 6.07) is -0.634. The minimum absolute atomic E-state index is 0.386. The first-order valence-electron chi connectivity index (χ1n) is 5.07. The van der Waals surface area contributed by atoms with Crippen LogP contribution in [0, 0.1) is 5.92 Å². The fourth-order valence-corrected chi connectivity index (χ4v) is 1.57. The summed E-state index contributed by atoms with van der Waals surface area (Å²) in [5, 5.41) is 8.85. The zero-order chi connectivity index (χ0) is 12.6. The Hall–Kier alpha value is -1.65. The summed E-state index contributed by atoms with van der Waals surface area (Å²) in [5.41, 5.74) is 0.795. The second kappa shape index (κ2) is 4.08. The van der Waals surface area contributed by atoms with Crippen molar-refractivity contribution in [2.75, 3.05) is 0 Å². The van der Waals surface area contributed by atoms with Gasteiger partial charge in [-0.3, -0.25) is 19.3 Å². The molecule has 0 saturated heterocycles. The third-order valence-corrected chi connectivity index (χ3v) is 3.16. The van der Waals surface area contributed by atoms with Crippen molar-refractivity contribution in [3.8, 4) is 0 Å². The number of carbonyl (C=O) groups is 3. The van der Waals surface area contributed by atoms with Crippen LogP contribution < -0.4 is 0 Å². The molecular weight excluding hydrogens is 210 g/mol. The molecule has 2 atom stereocenters. The molecule has 1 aliphatic heterocycles. The van der Waals surface area contributed by atoms with Crippen molar-refractivity contribution in [1.29, 1.82) is 0 Å². The van der Waals surface area contributed by atoms with E-state index in [1.165, 1.54) is 6.92 Å². The molecule has 88 valence electrons. The first-order chi connectivity index (χ1) is 7.29. The number of carboxylic acids is 1. The van der Waals surface area contributed by atoms with Crippen molar-refractivity contribution >= 4 is 17.8 Å². The highest BCUT2D eigenvalue weighted by Gasteiger charge is 2.39. The first-order valence-corrected chi connectivity index (χ1v) is 5.07. The van der Waals surface area contributed by atoms with E-state index in [4.69, 9.17) is 5.11 Å². The van der Waals surface area contributed by atoms with Gasteiger partial charge in [0.1, 0.15) is 0 Å². The minimum atomic E-state index is -1.02. The van der Waals surface area contributed by atoms with Gasteiger partial charge in [0.05, 0.1) is 12.0 Å². The van der Waals surface area contributed by atoms with Crippen molar-refractivity contribution in [2.24, 2.45) is 5.92 Å². The molecule has 1 rings (SSSR count). The van der Waals surface area contributed by atoms with E-state index < -0.39 is 17.9 Å². The predicted molar refractivity (Wildman–Crippen MR) is 56.5 cm³/mol. The number of hydrogen-bond acceptors (Lipinski definition) is 3. The Morgan fingerprint density at radius 1 is 1.12 bits per heavy atom. The van der Waals surface area contributed by atoms with Gasteiger partial charge < -0.3 is 5.11 Å². The average Bonchev–Trinajstić information content (AvgIpc) is 2.41. The van der Waals surface area contributed by atoms with Crippen LogP contribution in [-0.4, -0.2) is 33.8 Å². The second-order valence-corrected chi connectivity index (χ2v) is 4.10. The van der Waals surface area contributed by atoms with E-state index in [1.807, 2.05) is 0 Å². The number of carbonyl (C=O) groups excluding carboxylic acids is 2. The number of nitrogens with zero attached hydrogens (tertiary/aromatic N) is 1. The zero-order valence-electron chi connectivity index (χ0n) is 9.77. The van der Waals surface area contributed by atoms with Crippen LogP contribution in [0.4, 0.5) is 0 Å². The van der Waals surface area contributed by atoms with Gasteiger partial charge in [-0.15, -0.1) is 0 Å². The van der Waals surface area contributed by atoms with Crippen LogP contribution in [0.1, 0.15) is 27.7 Å². The van der Waals surface area contributed by atoms with Crippen LogP contribution in [0.3, 0.4) is 0 Å². The summed E-state index contributed by atoms with van der Waals surface area (Å²) in [6.07, 6.45) is 0. The molecule has 0 aromatic rings. The molecule has 5 heteroatoms. The van der Waals surface area contributed by atoms with E-state index in [9.17, 15) is 14.4 Å². The fraction of sp³-hybridized carbons (Fsp3) is 0.545. The molecule has 0 saturated carbocycles. The van der Waals surface area contributed by atoms with Gasteiger partial charge in [-0.2, -0.15) is 0 Å². The summed E-state index contributed by atoms with van der Waals surface area (Å²) in [6.45, 7) is 6.21. The topological polar surface area (TPSA) is 74.7 Å². The van der Waals surface area contributed by atoms with Gasteiger partial charge in [-0.25, -0.2) is 0 Å². The summed E-state index contributed by atoms with van der Waals surface area (Å²) in [7, 11) is 0. The van der Waals surface area contributed by atoms with Gasteiger partial charge in [-0.05, 0) is 27.7 Å². The number of hydrogen-bond donors (Lipinski definition) is 1. The number of imide groups is 1. The van der Waals surface area contributed by atoms with E-state index in [-0.39, 0.29) is 11.8 Å². The van der Waals surface area contributed by atoms with Gasteiger partial charge >= 0.3 is 5.97 Å². The van der Waals surface area contributed by atoms with Crippen LogP contribution in [-0.2, 0) is 14.4 Å². The van der Waals surface area contributed by atoms with Gasteiger partial charge in [0.15, 0.2) is 0 Å². The lowest BCUT2D eigenvalue weighted by molar-refractivity contribution is -0.147. The fourth-order valence-electron chi connectivity index (χ4n) is 1.57. The monoisotopic (exact) mass is 225 g/mol. The summed E-state index contributed by atoms with van der Waals surface area (Å²) < 4.78 is 0. The quantitative estimate of drug-likeness (QED) is 0.721. The molecule has 0 bridgehead atoms. The lowest BCUT2D eigenvalue weighted by Crippen LogP contribution is -2.44. The highest BCUT2D eigenvalue weighted by Crippen LogP contribution is 2.24. The van der Waals surface area contributed by atoms with E-state index in [0.29, 0.717) is 11.1 Å². The SMILES string of the molecule is CC1=C(C)C(=O)N(C(C)C(C)C(=O)O)C1=O. The Bertz CT molecular complexity index is 373. The third kappa shape index (κ3) is 1.73. The van der Waals surface area contributed by atoms with Crippen molar-refractivity contribution < 1.29 is 19.5 Å². The van der Waals surface area contributed by atoms with Gasteiger partial charge in [0.25, 0.3) is 11.8 Å². The highest BCUT2D eigenvalue weighted by atomic mass is 16.4. The normalized spacial score (nSPS) is 20.4. The Balaban J connectivity index is 2.98. The Morgan fingerprint density at radius 2 is 1.50 bits per heavy atom. The average molecular weight is 225 g/mol. The maximum absolute atomic E-state index is 11.7. The van der Waals surface area contributed by atoms with E-state index in [0.717, 1.165) is 4.90 Å². The summed E-state index contributed by atoms with van der Waals surface area (Å²) in [4.78, 5) is 35.3.